The molecule has 0 aromatic carbocycles. The van der Waals surface area contributed by atoms with E-state index in [0.717, 1.165) is 64.5 Å². The number of anilines is 1. The average Bonchev–Trinajstić information content (AvgIpc) is 3.42. The predicted octanol–water partition coefficient (Wildman–Crippen LogP) is 0.116. The molecule has 5 heterocycles. The minimum atomic E-state index is 0.289. The fourth-order valence-corrected chi connectivity index (χ4v) is 6.02. The van der Waals surface area contributed by atoms with Crippen molar-refractivity contribution in [1.29, 1.82) is 5.26 Å². The Labute approximate surface area is 184 Å². The smallest absolute Gasteiger partial charge is 0.183 e. The highest BCUT2D eigenvalue weighted by Crippen LogP contribution is 2.30. The summed E-state index contributed by atoms with van der Waals surface area (Å²) in [4.78, 5) is 18.3. The first-order chi connectivity index (χ1) is 15.3. The van der Waals surface area contributed by atoms with Gasteiger partial charge in [-0.1, -0.05) is 0 Å². The number of aliphatic hydroxyl groups is 1. The van der Waals surface area contributed by atoms with Gasteiger partial charge in [0, 0.05) is 75.8 Å². The largest absolute Gasteiger partial charge is 0.395 e. The number of aliphatic hydroxyl groups excluding tert-OH is 1. The van der Waals surface area contributed by atoms with Crippen LogP contribution in [0.4, 0.5) is 5.82 Å². The predicted molar refractivity (Wildman–Crippen MR) is 115 cm³/mol. The van der Waals surface area contributed by atoms with Crippen LogP contribution in [0.2, 0.25) is 0 Å². The molecule has 4 fully saturated rings. The van der Waals surface area contributed by atoms with Gasteiger partial charge >= 0.3 is 0 Å². The van der Waals surface area contributed by atoms with Crippen molar-refractivity contribution in [3.05, 3.63) is 18.1 Å². The van der Waals surface area contributed by atoms with Gasteiger partial charge < -0.3 is 14.7 Å². The van der Waals surface area contributed by atoms with E-state index in [9.17, 15) is 10.4 Å². The SMILES string of the molecule is N#Cc1nccnc1N1CCN2[C@@H](COCN3CCN4[C@@H](CO)CC[C@H]4C3)CC[C@H]2C1. The topological polar surface area (TPSA) is 92.0 Å². The highest BCUT2D eigenvalue weighted by molar-refractivity contribution is 5.50. The van der Waals surface area contributed by atoms with Crippen LogP contribution in [0, 0.1) is 11.3 Å². The van der Waals surface area contributed by atoms with Crippen molar-refractivity contribution in [1.82, 2.24) is 24.7 Å². The lowest BCUT2D eigenvalue weighted by atomic mass is 10.1. The van der Waals surface area contributed by atoms with Crippen molar-refractivity contribution in [2.24, 2.45) is 0 Å². The Morgan fingerprint density at radius 3 is 2.55 bits per heavy atom. The van der Waals surface area contributed by atoms with Gasteiger partial charge in [-0.2, -0.15) is 5.26 Å². The first-order valence-electron chi connectivity index (χ1n) is 11.7. The minimum Gasteiger partial charge on any atom is -0.395 e. The molecule has 0 radical (unpaired) electrons. The lowest BCUT2D eigenvalue weighted by Crippen LogP contribution is -2.54. The third-order valence-corrected chi connectivity index (χ3v) is 7.62. The number of piperazine rings is 2. The Morgan fingerprint density at radius 2 is 1.71 bits per heavy atom. The number of rotatable bonds is 6. The molecule has 4 atom stereocenters. The van der Waals surface area contributed by atoms with Crippen LogP contribution in [-0.4, -0.2) is 113 Å². The van der Waals surface area contributed by atoms with Crippen LogP contribution in [0.1, 0.15) is 31.4 Å². The molecule has 9 heteroatoms. The van der Waals surface area contributed by atoms with Crippen LogP contribution >= 0.6 is 0 Å². The molecule has 1 aromatic heterocycles. The van der Waals surface area contributed by atoms with E-state index in [4.69, 9.17) is 4.74 Å². The lowest BCUT2D eigenvalue weighted by molar-refractivity contribution is -0.0350. The Balaban J connectivity index is 1.08. The van der Waals surface area contributed by atoms with Crippen molar-refractivity contribution in [2.75, 3.05) is 64.1 Å². The Hall–Kier alpha value is -1.83. The fraction of sp³-hybridized carbons (Fsp3) is 0.773. The zero-order valence-electron chi connectivity index (χ0n) is 18.1. The van der Waals surface area contributed by atoms with Gasteiger partial charge in [-0.15, -0.1) is 0 Å². The van der Waals surface area contributed by atoms with Crippen molar-refractivity contribution < 1.29 is 9.84 Å². The second kappa shape index (κ2) is 9.35. The quantitative estimate of drug-likeness (QED) is 0.679. The number of fused-ring (bicyclic) bond motifs is 2. The summed E-state index contributed by atoms with van der Waals surface area (Å²) in [6.07, 6.45) is 7.89. The van der Waals surface area contributed by atoms with E-state index in [1.165, 1.54) is 12.8 Å². The van der Waals surface area contributed by atoms with Gasteiger partial charge in [0.05, 0.1) is 19.9 Å². The van der Waals surface area contributed by atoms with Gasteiger partial charge in [-0.3, -0.25) is 14.7 Å². The highest BCUT2D eigenvalue weighted by Gasteiger charge is 2.39. The summed E-state index contributed by atoms with van der Waals surface area (Å²) in [6, 6.07) is 4.10. The van der Waals surface area contributed by atoms with Crippen molar-refractivity contribution >= 4 is 5.82 Å². The summed E-state index contributed by atoms with van der Waals surface area (Å²) in [6.45, 7) is 7.66. The molecule has 31 heavy (non-hydrogen) atoms. The van der Waals surface area contributed by atoms with Gasteiger partial charge in [0.15, 0.2) is 11.5 Å². The molecule has 0 bridgehead atoms. The molecule has 168 valence electrons. The number of nitriles is 1. The number of hydrogen-bond acceptors (Lipinski definition) is 9. The summed E-state index contributed by atoms with van der Waals surface area (Å²) in [5.41, 5.74) is 0.418. The third kappa shape index (κ3) is 4.28. The molecular formula is C22H33N7O2. The molecule has 1 N–H and O–H groups in total. The van der Waals surface area contributed by atoms with Gasteiger partial charge in [-0.25, -0.2) is 9.97 Å². The monoisotopic (exact) mass is 427 g/mol. The summed E-state index contributed by atoms with van der Waals surface area (Å²) in [7, 11) is 0. The molecule has 9 nitrogen and oxygen atoms in total. The van der Waals surface area contributed by atoms with Crippen LogP contribution in [0.25, 0.3) is 0 Å². The van der Waals surface area contributed by atoms with Crippen LogP contribution in [-0.2, 0) is 4.74 Å². The van der Waals surface area contributed by atoms with Crippen molar-refractivity contribution in [3.8, 4) is 6.07 Å². The summed E-state index contributed by atoms with van der Waals surface area (Å²) in [5.74, 6) is 0.721. The van der Waals surface area contributed by atoms with E-state index in [2.05, 4.69) is 35.6 Å². The normalized spacial score (nSPS) is 32.1. The Morgan fingerprint density at radius 1 is 0.968 bits per heavy atom. The number of nitrogens with zero attached hydrogens (tertiary/aromatic N) is 7. The van der Waals surface area contributed by atoms with Crippen molar-refractivity contribution in [2.45, 2.75) is 49.9 Å². The molecule has 5 rings (SSSR count). The lowest BCUT2D eigenvalue weighted by Gasteiger charge is -2.41. The number of hydrogen-bond donors (Lipinski definition) is 1. The van der Waals surface area contributed by atoms with E-state index in [1.807, 2.05) is 0 Å². The zero-order chi connectivity index (χ0) is 21.2. The maximum absolute atomic E-state index is 9.53. The molecular weight excluding hydrogens is 394 g/mol. The molecule has 1 aromatic rings. The van der Waals surface area contributed by atoms with Crippen LogP contribution in [0.5, 0.6) is 0 Å². The zero-order valence-corrected chi connectivity index (χ0v) is 18.1. The molecule has 0 aliphatic carbocycles. The second-order valence-corrected chi connectivity index (χ2v) is 9.29. The van der Waals surface area contributed by atoms with E-state index >= 15 is 0 Å². The summed E-state index contributed by atoms with van der Waals surface area (Å²) < 4.78 is 6.19. The number of ether oxygens (including phenoxy) is 1. The maximum atomic E-state index is 9.53. The molecule has 0 unspecified atom stereocenters. The summed E-state index contributed by atoms with van der Waals surface area (Å²) in [5, 5.41) is 18.9. The third-order valence-electron chi connectivity index (χ3n) is 7.62. The molecule has 4 aliphatic rings. The Bertz CT molecular complexity index is 802. The Kier molecular flexibility index (Phi) is 6.34. The van der Waals surface area contributed by atoms with Gasteiger partial charge in [0.1, 0.15) is 6.07 Å². The van der Waals surface area contributed by atoms with E-state index in [-0.39, 0.29) is 6.61 Å². The molecule has 0 saturated carbocycles. The van der Waals surface area contributed by atoms with Gasteiger partial charge in [0.2, 0.25) is 0 Å². The highest BCUT2D eigenvalue weighted by atomic mass is 16.5. The van der Waals surface area contributed by atoms with Crippen LogP contribution in [0.15, 0.2) is 12.4 Å². The molecule has 4 aliphatic heterocycles. The average molecular weight is 428 g/mol. The van der Waals surface area contributed by atoms with Gasteiger partial charge in [-0.05, 0) is 25.7 Å². The summed E-state index contributed by atoms with van der Waals surface area (Å²) >= 11 is 0. The van der Waals surface area contributed by atoms with E-state index in [1.54, 1.807) is 12.4 Å². The molecule has 0 spiro atoms. The molecule has 4 saturated heterocycles. The number of aromatic nitrogens is 2. The first kappa shape index (κ1) is 21.0. The van der Waals surface area contributed by atoms with E-state index < -0.39 is 0 Å². The van der Waals surface area contributed by atoms with Crippen LogP contribution in [0.3, 0.4) is 0 Å². The van der Waals surface area contributed by atoms with E-state index in [0.29, 0.717) is 36.6 Å². The fourth-order valence-electron chi connectivity index (χ4n) is 6.02. The maximum Gasteiger partial charge on any atom is 0.183 e. The first-order valence-corrected chi connectivity index (χ1v) is 11.7. The van der Waals surface area contributed by atoms with Crippen LogP contribution < -0.4 is 4.90 Å². The standard InChI is InChI=1S/C22H33N7O2/c23-11-21-22(25-6-5-24-21)27-8-10-29-18(13-27)2-4-20(29)15-31-16-26-7-9-28-17(12-26)1-3-19(28)14-30/h5-6,17-20,30H,1-4,7-10,12-16H2/t17-,18-,19+,20+/m0/s1. The second-order valence-electron chi connectivity index (χ2n) is 9.29. The minimum absolute atomic E-state index is 0.289. The molecule has 0 amide bonds. The van der Waals surface area contributed by atoms with Gasteiger partial charge in [0.25, 0.3) is 0 Å². The van der Waals surface area contributed by atoms with Crippen molar-refractivity contribution in [3.63, 3.8) is 0 Å².